The van der Waals surface area contributed by atoms with E-state index in [4.69, 9.17) is 0 Å². The minimum Gasteiger partial charge on any atom is -0.393 e. The zero-order valence-electron chi connectivity index (χ0n) is 15.1. The Morgan fingerprint density at radius 3 is 2.57 bits per heavy atom. The number of hydrogen-bond acceptors (Lipinski definition) is 2. The van der Waals surface area contributed by atoms with Crippen LogP contribution >= 0.6 is 0 Å². The standard InChI is InChI=1S/C21H34O2/c1-13(22)17-6-7-18-16-5-4-14-12-15(23)8-10-20(14,2)19(16)9-11-21(17,18)3/h12-13,15-19,22-23H,4-11H2,1-3H3/t13-,15+,16+,17-,18+,19+,20+,21-/m1/s1. The predicted molar refractivity (Wildman–Crippen MR) is 92.9 cm³/mol. The molecular weight excluding hydrogens is 284 g/mol. The quantitative estimate of drug-likeness (QED) is 0.707. The van der Waals surface area contributed by atoms with Gasteiger partial charge >= 0.3 is 0 Å². The summed E-state index contributed by atoms with van der Waals surface area (Å²) in [5.74, 6) is 2.97. The summed E-state index contributed by atoms with van der Waals surface area (Å²) < 4.78 is 0. The van der Waals surface area contributed by atoms with Crippen molar-refractivity contribution in [3.05, 3.63) is 11.6 Å². The van der Waals surface area contributed by atoms with Crippen LogP contribution in [0.15, 0.2) is 11.6 Å². The molecule has 3 saturated carbocycles. The highest BCUT2D eigenvalue weighted by atomic mass is 16.3. The summed E-state index contributed by atoms with van der Waals surface area (Å²) in [5, 5.41) is 20.3. The minimum atomic E-state index is -0.199. The highest BCUT2D eigenvalue weighted by Gasteiger charge is 2.59. The number of hydrogen-bond donors (Lipinski definition) is 2. The number of aliphatic hydroxyl groups excluding tert-OH is 2. The molecule has 0 unspecified atom stereocenters. The maximum atomic E-state index is 10.3. The zero-order valence-corrected chi connectivity index (χ0v) is 15.1. The first-order valence-corrected chi connectivity index (χ1v) is 9.93. The summed E-state index contributed by atoms with van der Waals surface area (Å²) >= 11 is 0. The van der Waals surface area contributed by atoms with Gasteiger partial charge in [0.05, 0.1) is 12.2 Å². The second kappa shape index (κ2) is 5.33. The summed E-state index contributed by atoms with van der Waals surface area (Å²) in [4.78, 5) is 0. The van der Waals surface area contributed by atoms with E-state index < -0.39 is 0 Å². The van der Waals surface area contributed by atoms with E-state index in [9.17, 15) is 10.2 Å². The van der Waals surface area contributed by atoms with E-state index >= 15 is 0 Å². The van der Waals surface area contributed by atoms with Crippen molar-refractivity contribution < 1.29 is 10.2 Å². The smallest absolute Gasteiger partial charge is 0.0724 e. The monoisotopic (exact) mass is 318 g/mol. The third-order valence-electron chi connectivity index (χ3n) is 8.74. The lowest BCUT2D eigenvalue weighted by atomic mass is 9.46. The van der Waals surface area contributed by atoms with E-state index in [-0.39, 0.29) is 12.2 Å². The number of fused-ring (bicyclic) bond motifs is 5. The van der Waals surface area contributed by atoms with E-state index in [0.717, 1.165) is 24.2 Å². The average molecular weight is 319 g/mol. The van der Waals surface area contributed by atoms with Crippen LogP contribution in [0.4, 0.5) is 0 Å². The van der Waals surface area contributed by atoms with Crippen molar-refractivity contribution in [3.8, 4) is 0 Å². The molecule has 0 aromatic heterocycles. The molecule has 2 N–H and O–H groups in total. The van der Waals surface area contributed by atoms with Crippen LogP contribution in [0.3, 0.4) is 0 Å². The number of rotatable bonds is 1. The van der Waals surface area contributed by atoms with Crippen LogP contribution in [0.1, 0.15) is 72.1 Å². The molecule has 23 heavy (non-hydrogen) atoms. The van der Waals surface area contributed by atoms with Crippen molar-refractivity contribution in [1.82, 2.24) is 0 Å². The van der Waals surface area contributed by atoms with E-state index in [2.05, 4.69) is 19.9 Å². The van der Waals surface area contributed by atoms with Crippen LogP contribution in [0.5, 0.6) is 0 Å². The lowest BCUT2D eigenvalue weighted by molar-refractivity contribution is -0.0725. The van der Waals surface area contributed by atoms with Gasteiger partial charge in [-0.25, -0.2) is 0 Å². The second-order valence-electron chi connectivity index (χ2n) is 9.60. The topological polar surface area (TPSA) is 40.5 Å². The summed E-state index contributed by atoms with van der Waals surface area (Å²) in [7, 11) is 0. The first-order chi connectivity index (χ1) is 10.9. The van der Waals surface area contributed by atoms with E-state index in [1.807, 2.05) is 6.92 Å². The van der Waals surface area contributed by atoms with Crippen LogP contribution < -0.4 is 0 Å². The molecule has 0 aliphatic heterocycles. The van der Waals surface area contributed by atoms with Gasteiger partial charge in [-0.3, -0.25) is 0 Å². The second-order valence-corrected chi connectivity index (χ2v) is 9.60. The largest absolute Gasteiger partial charge is 0.393 e. The molecular formula is C21H34O2. The Morgan fingerprint density at radius 2 is 1.83 bits per heavy atom. The molecule has 0 radical (unpaired) electrons. The molecule has 130 valence electrons. The Labute approximate surface area is 141 Å². The van der Waals surface area contributed by atoms with Gasteiger partial charge in [0.2, 0.25) is 0 Å². The SMILES string of the molecule is C[C@@H](O)[C@H]1CC[C@H]2[C@@H]3CCC4=C[C@@H](O)CC[C@]4(C)[C@H]3CC[C@]12C. The fraction of sp³-hybridized carbons (Fsp3) is 0.905. The molecule has 8 atom stereocenters. The Kier molecular flexibility index (Phi) is 3.74. The van der Waals surface area contributed by atoms with Crippen molar-refractivity contribution in [2.24, 2.45) is 34.5 Å². The Morgan fingerprint density at radius 1 is 1.04 bits per heavy atom. The molecule has 0 spiro atoms. The molecule has 0 saturated heterocycles. The maximum Gasteiger partial charge on any atom is 0.0724 e. The molecule has 4 rings (SSSR count). The Balaban J connectivity index is 1.64. The molecule has 2 heteroatoms. The molecule has 4 aliphatic rings. The molecule has 0 amide bonds. The normalized spacial score (nSPS) is 53.8. The lowest BCUT2D eigenvalue weighted by Gasteiger charge is -2.58. The van der Waals surface area contributed by atoms with E-state index in [1.54, 1.807) is 5.57 Å². The molecule has 0 heterocycles. The highest BCUT2D eigenvalue weighted by Crippen LogP contribution is 2.67. The molecule has 2 nitrogen and oxygen atoms in total. The molecule has 3 fully saturated rings. The van der Waals surface area contributed by atoms with Gasteiger partial charge in [0.15, 0.2) is 0 Å². The summed E-state index contributed by atoms with van der Waals surface area (Å²) in [5.41, 5.74) is 2.26. The minimum absolute atomic E-state index is 0.152. The molecule has 0 bridgehead atoms. The van der Waals surface area contributed by atoms with Crippen LogP contribution in [-0.2, 0) is 0 Å². The van der Waals surface area contributed by atoms with Crippen molar-refractivity contribution >= 4 is 0 Å². The number of aliphatic hydroxyl groups is 2. The maximum absolute atomic E-state index is 10.3. The van der Waals surface area contributed by atoms with Gasteiger partial charge in [0.25, 0.3) is 0 Å². The van der Waals surface area contributed by atoms with E-state index in [1.165, 1.54) is 44.9 Å². The van der Waals surface area contributed by atoms with Gasteiger partial charge in [0.1, 0.15) is 0 Å². The Bertz CT molecular complexity index is 510. The van der Waals surface area contributed by atoms with Gasteiger partial charge in [-0.15, -0.1) is 0 Å². The van der Waals surface area contributed by atoms with E-state index in [0.29, 0.717) is 16.7 Å². The van der Waals surface area contributed by atoms with Crippen LogP contribution in [0, 0.1) is 34.5 Å². The van der Waals surface area contributed by atoms with Gasteiger partial charge in [0, 0.05) is 0 Å². The predicted octanol–water partition coefficient (Wildman–Crippen LogP) is 4.31. The average Bonchev–Trinajstić information content (AvgIpc) is 2.85. The van der Waals surface area contributed by atoms with Crippen molar-refractivity contribution in [3.63, 3.8) is 0 Å². The van der Waals surface area contributed by atoms with Crippen molar-refractivity contribution in [2.75, 3.05) is 0 Å². The van der Waals surface area contributed by atoms with Gasteiger partial charge in [-0.2, -0.15) is 0 Å². The van der Waals surface area contributed by atoms with Gasteiger partial charge in [-0.1, -0.05) is 25.5 Å². The Hall–Kier alpha value is -0.340. The summed E-state index contributed by atoms with van der Waals surface area (Å²) in [6.45, 7) is 6.98. The van der Waals surface area contributed by atoms with Crippen molar-refractivity contribution in [2.45, 2.75) is 84.3 Å². The van der Waals surface area contributed by atoms with Crippen LogP contribution in [0.25, 0.3) is 0 Å². The summed E-state index contributed by atoms with van der Waals surface area (Å²) in [6.07, 6.45) is 11.6. The molecule has 0 aromatic carbocycles. The third kappa shape index (κ3) is 2.20. The van der Waals surface area contributed by atoms with Crippen LogP contribution in [-0.4, -0.2) is 22.4 Å². The summed E-state index contributed by atoms with van der Waals surface area (Å²) in [6, 6.07) is 0. The third-order valence-corrected chi connectivity index (χ3v) is 8.74. The van der Waals surface area contributed by atoms with Gasteiger partial charge in [-0.05, 0) is 92.8 Å². The molecule has 4 aliphatic carbocycles. The first kappa shape index (κ1) is 16.1. The lowest BCUT2D eigenvalue weighted by Crippen LogP contribution is -2.51. The zero-order chi connectivity index (χ0) is 16.4. The van der Waals surface area contributed by atoms with Gasteiger partial charge < -0.3 is 10.2 Å². The molecule has 0 aromatic rings. The number of allylic oxidation sites excluding steroid dienone is 1. The fourth-order valence-electron chi connectivity index (χ4n) is 7.54. The first-order valence-electron chi connectivity index (χ1n) is 9.93. The highest BCUT2D eigenvalue weighted by molar-refractivity contribution is 5.25. The van der Waals surface area contributed by atoms with Crippen molar-refractivity contribution in [1.29, 1.82) is 0 Å². The van der Waals surface area contributed by atoms with Crippen LogP contribution in [0.2, 0.25) is 0 Å². The fourth-order valence-corrected chi connectivity index (χ4v) is 7.54.